The summed E-state index contributed by atoms with van der Waals surface area (Å²) < 4.78 is 38.1. The molecular formula is C29H41ClN7O8PS. The zero-order valence-electron chi connectivity index (χ0n) is 26.8. The number of benzene rings is 1. The van der Waals surface area contributed by atoms with Crippen LogP contribution in [-0.2, 0) is 34.4 Å². The number of aromatic nitrogens is 4. The average Bonchev–Trinajstić information content (AvgIpc) is 3.55. The third-order valence-corrected chi connectivity index (χ3v) is 10.4. The van der Waals surface area contributed by atoms with Gasteiger partial charge in [-0.15, -0.1) is 11.6 Å². The molecule has 1 aliphatic rings. The third-order valence-electron chi connectivity index (χ3n) is 7.23. The number of carbonyl (C=O) groups excluding carboxylic acids is 2. The van der Waals surface area contributed by atoms with E-state index in [0.717, 1.165) is 17.3 Å². The van der Waals surface area contributed by atoms with Crippen molar-refractivity contribution in [2.45, 2.75) is 70.6 Å². The molecule has 1 aromatic carbocycles. The molecule has 0 spiro atoms. The van der Waals surface area contributed by atoms with Crippen molar-refractivity contribution in [1.29, 1.82) is 0 Å². The fourth-order valence-electron chi connectivity index (χ4n) is 4.58. The number of nitrogens with one attached hydrogen (secondary N) is 2. The van der Waals surface area contributed by atoms with Crippen molar-refractivity contribution in [2.75, 3.05) is 31.2 Å². The van der Waals surface area contributed by atoms with Crippen molar-refractivity contribution in [3.8, 4) is 0 Å². The molecule has 4 rings (SSSR count). The number of anilines is 1. The van der Waals surface area contributed by atoms with Crippen LogP contribution in [0.25, 0.3) is 11.2 Å². The lowest BCUT2D eigenvalue weighted by Gasteiger charge is -2.26. The highest BCUT2D eigenvalue weighted by Gasteiger charge is 2.54. The SMILES string of the molecule is CC(C)OC(=O)NCC(C)(C)C(=O)SCCOP(=O)(NCc1ccccc1)OC[C@H]1O[C@@H](n2cnc3c(N)ncnc32)[C@](C)(Cl)[C@@H]1O. The Kier molecular flexibility index (Phi) is 12.3. The molecule has 47 heavy (non-hydrogen) atoms. The summed E-state index contributed by atoms with van der Waals surface area (Å²) in [5, 5.41) is 16.4. The molecule has 0 saturated carbocycles. The first kappa shape index (κ1) is 37.0. The van der Waals surface area contributed by atoms with Crippen molar-refractivity contribution in [3.05, 3.63) is 48.5 Å². The van der Waals surface area contributed by atoms with Gasteiger partial charge in [0, 0.05) is 18.8 Å². The number of fused-ring (bicyclic) bond motifs is 1. The van der Waals surface area contributed by atoms with Crippen LogP contribution in [0.4, 0.5) is 10.6 Å². The molecule has 1 amide bonds. The number of amides is 1. The van der Waals surface area contributed by atoms with E-state index in [0.29, 0.717) is 11.2 Å². The number of rotatable bonds is 15. The van der Waals surface area contributed by atoms with Gasteiger partial charge in [0.15, 0.2) is 22.8 Å². The van der Waals surface area contributed by atoms with Gasteiger partial charge in [0.1, 0.15) is 28.9 Å². The van der Waals surface area contributed by atoms with E-state index in [-0.39, 0.29) is 49.1 Å². The Morgan fingerprint density at radius 1 is 1.23 bits per heavy atom. The molecule has 0 radical (unpaired) electrons. The molecule has 0 bridgehead atoms. The van der Waals surface area contributed by atoms with E-state index in [1.807, 2.05) is 30.3 Å². The lowest BCUT2D eigenvalue weighted by Crippen LogP contribution is -2.40. The maximum Gasteiger partial charge on any atom is 0.407 e. The minimum atomic E-state index is -4.01. The smallest absolute Gasteiger partial charge is 0.407 e. The standard InChI is InChI=1S/C29H41ClN7O8PS/c1-18(2)44-27(40)32-15-28(3,4)26(39)47-12-11-42-46(41,36-13-19-9-7-6-8-10-19)43-14-20-22(38)29(5,30)25(45-20)37-17-35-21-23(31)33-16-34-24(21)37/h6-10,16-18,20,22,25,38H,11-15H2,1-5H3,(H,32,40)(H,36,41)(H2,31,33,34)/t20-,22-,25-,29-,46?/m1/s1. The van der Waals surface area contributed by atoms with Gasteiger partial charge in [-0.3, -0.25) is 18.4 Å². The van der Waals surface area contributed by atoms with E-state index in [1.165, 1.54) is 12.7 Å². The second kappa shape index (κ2) is 15.6. The number of hydrogen-bond donors (Lipinski definition) is 4. The maximum absolute atomic E-state index is 13.9. The third kappa shape index (κ3) is 9.42. The maximum atomic E-state index is 13.9. The van der Waals surface area contributed by atoms with Gasteiger partial charge in [0.05, 0.1) is 31.1 Å². The molecule has 1 saturated heterocycles. The van der Waals surface area contributed by atoms with Crippen LogP contribution in [0, 0.1) is 5.41 Å². The molecule has 1 aliphatic heterocycles. The summed E-state index contributed by atoms with van der Waals surface area (Å²) in [7, 11) is -4.01. The van der Waals surface area contributed by atoms with E-state index in [1.54, 1.807) is 39.2 Å². The zero-order valence-corrected chi connectivity index (χ0v) is 29.3. The topological polar surface area (TPSA) is 202 Å². The number of nitrogens with two attached hydrogens (primary N) is 1. The number of nitrogens with zero attached hydrogens (tertiary/aromatic N) is 4. The van der Waals surface area contributed by atoms with Crippen LogP contribution in [0.5, 0.6) is 0 Å². The Bertz CT molecular complexity index is 1580. The predicted octanol–water partition coefficient (Wildman–Crippen LogP) is 4.02. The van der Waals surface area contributed by atoms with E-state index in [9.17, 15) is 19.3 Å². The number of alkyl halides is 1. The Morgan fingerprint density at radius 3 is 2.66 bits per heavy atom. The van der Waals surface area contributed by atoms with E-state index < -0.39 is 42.6 Å². The zero-order chi connectivity index (χ0) is 34.4. The number of thioether (sulfide) groups is 1. The van der Waals surface area contributed by atoms with Crippen molar-refractivity contribution in [2.24, 2.45) is 5.41 Å². The van der Waals surface area contributed by atoms with Crippen LogP contribution in [0.1, 0.15) is 46.4 Å². The second-order valence-electron chi connectivity index (χ2n) is 12.0. The first-order chi connectivity index (χ1) is 22.1. The minimum absolute atomic E-state index is 0.0743. The average molecular weight is 714 g/mol. The monoisotopic (exact) mass is 713 g/mol. The number of ether oxygens (including phenoxy) is 2. The predicted molar refractivity (Wildman–Crippen MR) is 178 cm³/mol. The number of hydrogen-bond acceptors (Lipinski definition) is 13. The molecule has 0 aliphatic carbocycles. The van der Waals surface area contributed by atoms with Gasteiger partial charge in [-0.1, -0.05) is 55.9 Å². The summed E-state index contributed by atoms with van der Waals surface area (Å²) in [5.41, 5.74) is 6.57. The van der Waals surface area contributed by atoms with Crippen molar-refractivity contribution < 1.29 is 37.8 Å². The molecule has 5 N–H and O–H groups in total. The van der Waals surface area contributed by atoms with Gasteiger partial charge in [-0.2, -0.15) is 0 Å². The van der Waals surface area contributed by atoms with E-state index in [4.69, 9.17) is 35.9 Å². The lowest BCUT2D eigenvalue weighted by atomic mass is 9.96. The molecule has 2 aromatic heterocycles. The van der Waals surface area contributed by atoms with Gasteiger partial charge in [0.25, 0.3) is 0 Å². The highest BCUT2D eigenvalue weighted by atomic mass is 35.5. The number of imidazole rings is 1. The Morgan fingerprint density at radius 2 is 1.96 bits per heavy atom. The fourth-order valence-corrected chi connectivity index (χ4v) is 7.13. The number of aliphatic hydroxyl groups is 1. The summed E-state index contributed by atoms with van der Waals surface area (Å²) in [6.07, 6.45) is -1.36. The van der Waals surface area contributed by atoms with Crippen LogP contribution in [0.2, 0.25) is 0 Å². The van der Waals surface area contributed by atoms with Gasteiger partial charge < -0.3 is 25.6 Å². The van der Waals surface area contributed by atoms with Crippen molar-refractivity contribution in [1.82, 2.24) is 29.9 Å². The highest BCUT2D eigenvalue weighted by molar-refractivity contribution is 8.13. The van der Waals surface area contributed by atoms with Crippen LogP contribution >= 0.6 is 31.1 Å². The Labute approximate surface area is 282 Å². The summed E-state index contributed by atoms with van der Waals surface area (Å²) in [6, 6.07) is 9.23. The molecule has 18 heteroatoms. The first-order valence-electron chi connectivity index (χ1n) is 14.9. The normalized spacial score (nSPS) is 22.8. The largest absolute Gasteiger partial charge is 0.447 e. The molecule has 1 fully saturated rings. The molecular weight excluding hydrogens is 673 g/mol. The van der Waals surface area contributed by atoms with Gasteiger partial charge in [-0.25, -0.2) is 29.4 Å². The Hall–Kier alpha value is -2.82. The summed E-state index contributed by atoms with van der Waals surface area (Å²) in [6.45, 7) is 8.23. The molecule has 3 heterocycles. The van der Waals surface area contributed by atoms with Gasteiger partial charge in [-0.05, 0) is 26.3 Å². The molecule has 258 valence electrons. The molecule has 5 atom stereocenters. The summed E-state index contributed by atoms with van der Waals surface area (Å²) in [4.78, 5) is 35.8. The second-order valence-corrected chi connectivity index (χ2v) is 15.7. The Balaban J connectivity index is 1.38. The number of nitrogen functional groups attached to an aromatic ring is 1. The van der Waals surface area contributed by atoms with E-state index in [2.05, 4.69) is 25.4 Å². The van der Waals surface area contributed by atoms with Crippen LogP contribution in [0.15, 0.2) is 43.0 Å². The first-order valence-corrected chi connectivity index (χ1v) is 17.8. The highest BCUT2D eigenvalue weighted by Crippen LogP contribution is 2.48. The van der Waals surface area contributed by atoms with Crippen molar-refractivity contribution >= 4 is 59.3 Å². The summed E-state index contributed by atoms with van der Waals surface area (Å²) >= 11 is 7.78. The molecule has 1 unspecified atom stereocenters. The minimum Gasteiger partial charge on any atom is -0.447 e. The number of carbonyl (C=O) groups is 2. The van der Waals surface area contributed by atoms with Gasteiger partial charge in [0.2, 0.25) is 0 Å². The molecule has 3 aromatic rings. The summed E-state index contributed by atoms with van der Waals surface area (Å²) in [5.74, 6) is 0.333. The quantitative estimate of drug-likeness (QED) is 0.0999. The lowest BCUT2D eigenvalue weighted by molar-refractivity contribution is -0.117. The van der Waals surface area contributed by atoms with Crippen LogP contribution in [0.3, 0.4) is 0 Å². The van der Waals surface area contributed by atoms with Crippen LogP contribution in [-0.4, -0.2) is 84.5 Å². The number of alkyl carbamates (subject to hydrolysis) is 1. The fraction of sp³-hybridized carbons (Fsp3) is 0.552. The van der Waals surface area contributed by atoms with E-state index >= 15 is 0 Å². The van der Waals surface area contributed by atoms with Gasteiger partial charge >= 0.3 is 13.8 Å². The van der Waals surface area contributed by atoms with Crippen molar-refractivity contribution in [3.63, 3.8) is 0 Å². The van der Waals surface area contributed by atoms with Crippen LogP contribution < -0.4 is 16.1 Å². The molecule has 15 nitrogen and oxygen atoms in total. The number of halogens is 1. The number of aliphatic hydroxyl groups excluding tert-OH is 1.